The molecule has 0 atom stereocenters. The normalized spacial score (nSPS) is 14.3. The fourth-order valence-electron chi connectivity index (χ4n) is 3.96. The highest BCUT2D eigenvalue weighted by molar-refractivity contribution is 6.30. The van der Waals surface area contributed by atoms with Crippen LogP contribution in [0.1, 0.15) is 28.8 Å². The van der Waals surface area contributed by atoms with Gasteiger partial charge in [0.15, 0.2) is 0 Å². The summed E-state index contributed by atoms with van der Waals surface area (Å²) >= 11 is 5.95. The Morgan fingerprint density at radius 1 is 0.935 bits per heavy atom. The molecule has 0 unspecified atom stereocenters. The van der Waals surface area contributed by atoms with Crippen LogP contribution in [0.15, 0.2) is 73.1 Å². The number of aromatic nitrogens is 1. The van der Waals surface area contributed by atoms with Crippen LogP contribution in [0, 0.1) is 11.3 Å². The summed E-state index contributed by atoms with van der Waals surface area (Å²) in [6.07, 6.45) is 5.13. The topological polar surface area (TPSA) is 60.3 Å². The number of anilines is 2. The van der Waals surface area contributed by atoms with Crippen molar-refractivity contribution in [1.29, 1.82) is 5.41 Å². The van der Waals surface area contributed by atoms with Crippen molar-refractivity contribution >= 4 is 34.6 Å². The van der Waals surface area contributed by atoms with Gasteiger partial charge in [0, 0.05) is 66.1 Å². The van der Waals surface area contributed by atoms with Crippen molar-refractivity contribution in [2.24, 2.45) is 5.92 Å². The smallest absolute Gasteiger partial charge is 0.253 e. The van der Waals surface area contributed by atoms with Gasteiger partial charge >= 0.3 is 0 Å². The zero-order chi connectivity index (χ0) is 21.8. The van der Waals surface area contributed by atoms with Crippen molar-refractivity contribution in [3.05, 3.63) is 89.2 Å². The Morgan fingerprint density at radius 2 is 1.48 bits per heavy atom. The molecule has 5 nitrogen and oxygen atoms in total. The number of carbonyl (C=O) groups is 1. The first kappa shape index (κ1) is 21.1. The number of likely N-dealkylation sites (tertiary alicyclic amines) is 1. The standard InChI is InChI=1S/C25H25ClN4O/c1-29(23-10-14-28-15-11-23)22-8-4-20(5-9-22)25(31)30-16-12-19(13-17-30)24(27)18-2-6-21(26)7-3-18/h2-11,14-15,19,27H,12-13,16-17H2,1H3. The minimum Gasteiger partial charge on any atom is -0.345 e. The molecule has 1 fully saturated rings. The quantitative estimate of drug-likeness (QED) is 0.547. The maximum atomic E-state index is 13.0. The van der Waals surface area contributed by atoms with Crippen LogP contribution < -0.4 is 4.90 Å². The number of halogens is 1. The molecule has 0 spiro atoms. The summed E-state index contributed by atoms with van der Waals surface area (Å²) in [5, 5.41) is 9.19. The highest BCUT2D eigenvalue weighted by Gasteiger charge is 2.26. The maximum absolute atomic E-state index is 13.0. The van der Waals surface area contributed by atoms with Gasteiger partial charge in [0.25, 0.3) is 5.91 Å². The summed E-state index contributed by atoms with van der Waals surface area (Å²) in [4.78, 5) is 21.0. The first-order valence-electron chi connectivity index (χ1n) is 10.4. The number of benzene rings is 2. The van der Waals surface area contributed by atoms with E-state index >= 15 is 0 Å². The monoisotopic (exact) mass is 432 g/mol. The maximum Gasteiger partial charge on any atom is 0.253 e. The summed E-state index contributed by atoms with van der Waals surface area (Å²) in [5.74, 6) is 0.219. The molecule has 0 bridgehead atoms. The summed E-state index contributed by atoms with van der Waals surface area (Å²) in [5.41, 5.74) is 4.28. The molecule has 1 aliphatic heterocycles. The number of piperidine rings is 1. The molecule has 1 saturated heterocycles. The van der Waals surface area contributed by atoms with Gasteiger partial charge in [0.2, 0.25) is 0 Å². The fraction of sp³-hybridized carbons (Fsp3) is 0.240. The lowest BCUT2D eigenvalue weighted by Gasteiger charge is -2.32. The van der Waals surface area contributed by atoms with Crippen LogP contribution in [0.4, 0.5) is 11.4 Å². The van der Waals surface area contributed by atoms with E-state index < -0.39 is 0 Å². The molecule has 1 aromatic heterocycles. The average molecular weight is 433 g/mol. The van der Waals surface area contributed by atoms with Crippen molar-refractivity contribution in [3.8, 4) is 0 Å². The van der Waals surface area contributed by atoms with Crippen LogP contribution in [0.25, 0.3) is 0 Å². The minimum atomic E-state index is 0.0505. The molecule has 6 heteroatoms. The van der Waals surface area contributed by atoms with Crippen molar-refractivity contribution in [1.82, 2.24) is 9.88 Å². The molecule has 1 amide bonds. The molecule has 0 radical (unpaired) electrons. The van der Waals surface area contributed by atoms with Crippen LogP contribution in [-0.4, -0.2) is 41.6 Å². The molecular weight excluding hydrogens is 408 g/mol. The van der Waals surface area contributed by atoms with Crippen molar-refractivity contribution in [2.45, 2.75) is 12.8 Å². The molecule has 4 rings (SSSR count). The third-order valence-electron chi connectivity index (χ3n) is 5.90. The van der Waals surface area contributed by atoms with Gasteiger partial charge in [0.1, 0.15) is 0 Å². The Balaban J connectivity index is 1.36. The van der Waals surface area contributed by atoms with Crippen LogP contribution in [0.3, 0.4) is 0 Å². The van der Waals surface area contributed by atoms with E-state index in [0.717, 1.165) is 29.8 Å². The molecule has 1 aliphatic rings. The van der Waals surface area contributed by atoms with Gasteiger partial charge in [-0.15, -0.1) is 0 Å². The van der Waals surface area contributed by atoms with Crippen LogP contribution >= 0.6 is 11.6 Å². The van der Waals surface area contributed by atoms with E-state index in [0.29, 0.717) is 29.4 Å². The second-order valence-corrected chi connectivity index (χ2v) is 8.23. The van der Waals surface area contributed by atoms with Gasteiger partial charge in [-0.3, -0.25) is 9.78 Å². The van der Waals surface area contributed by atoms with Gasteiger partial charge < -0.3 is 15.2 Å². The summed E-state index contributed by atoms with van der Waals surface area (Å²) < 4.78 is 0. The molecule has 1 N–H and O–H groups in total. The average Bonchev–Trinajstić information content (AvgIpc) is 2.84. The lowest BCUT2D eigenvalue weighted by atomic mass is 9.88. The molecule has 31 heavy (non-hydrogen) atoms. The zero-order valence-corrected chi connectivity index (χ0v) is 18.2. The molecule has 0 saturated carbocycles. The van der Waals surface area contributed by atoms with Gasteiger partial charge in [-0.05, 0) is 66.9 Å². The van der Waals surface area contributed by atoms with E-state index in [2.05, 4.69) is 9.88 Å². The number of hydrogen-bond acceptors (Lipinski definition) is 4. The molecule has 2 heterocycles. The van der Waals surface area contributed by atoms with E-state index in [9.17, 15) is 4.79 Å². The first-order chi connectivity index (χ1) is 15.0. The van der Waals surface area contributed by atoms with Gasteiger partial charge in [-0.25, -0.2) is 0 Å². The number of carbonyl (C=O) groups excluding carboxylic acids is 1. The lowest BCUT2D eigenvalue weighted by molar-refractivity contribution is 0.0710. The Bertz CT molecular complexity index is 1040. The van der Waals surface area contributed by atoms with Gasteiger partial charge in [-0.1, -0.05) is 23.7 Å². The summed E-state index contributed by atoms with van der Waals surface area (Å²) in [6, 6.07) is 19.0. The molecule has 158 valence electrons. The van der Waals surface area contributed by atoms with Crippen molar-refractivity contribution in [3.63, 3.8) is 0 Å². The summed E-state index contributed by atoms with van der Waals surface area (Å²) in [6.45, 7) is 1.33. The van der Waals surface area contributed by atoms with Crippen molar-refractivity contribution in [2.75, 3.05) is 25.0 Å². The molecule has 2 aromatic carbocycles. The number of nitrogens with zero attached hydrogens (tertiary/aromatic N) is 3. The van der Waals surface area contributed by atoms with Crippen molar-refractivity contribution < 1.29 is 4.79 Å². The Hall–Kier alpha value is -3.18. The number of amides is 1. The highest BCUT2D eigenvalue weighted by Crippen LogP contribution is 2.26. The van der Waals surface area contributed by atoms with E-state index in [1.165, 1.54) is 0 Å². The Kier molecular flexibility index (Phi) is 6.33. The van der Waals surface area contributed by atoms with E-state index in [4.69, 9.17) is 17.0 Å². The number of pyridine rings is 1. The number of nitrogens with one attached hydrogen (secondary N) is 1. The van der Waals surface area contributed by atoms with E-state index in [1.807, 2.05) is 72.6 Å². The predicted molar refractivity (Wildman–Crippen MR) is 126 cm³/mol. The van der Waals surface area contributed by atoms with Gasteiger partial charge in [-0.2, -0.15) is 0 Å². The third-order valence-corrected chi connectivity index (χ3v) is 6.15. The van der Waals surface area contributed by atoms with Crippen LogP contribution in [-0.2, 0) is 0 Å². The van der Waals surface area contributed by atoms with E-state index in [-0.39, 0.29) is 11.8 Å². The zero-order valence-electron chi connectivity index (χ0n) is 17.5. The Labute approximate surface area is 187 Å². The Morgan fingerprint density at radius 3 is 2.10 bits per heavy atom. The molecular formula is C25H25ClN4O. The first-order valence-corrected chi connectivity index (χ1v) is 10.8. The fourth-order valence-corrected chi connectivity index (χ4v) is 4.09. The number of hydrogen-bond donors (Lipinski definition) is 1. The van der Waals surface area contributed by atoms with Gasteiger partial charge in [0.05, 0.1) is 0 Å². The third kappa shape index (κ3) is 4.78. The largest absolute Gasteiger partial charge is 0.345 e. The highest BCUT2D eigenvalue weighted by atomic mass is 35.5. The van der Waals surface area contributed by atoms with E-state index in [1.54, 1.807) is 12.4 Å². The predicted octanol–water partition coefficient (Wildman–Crippen LogP) is 5.42. The van der Waals surface area contributed by atoms with Crippen LogP contribution in [0.2, 0.25) is 5.02 Å². The minimum absolute atomic E-state index is 0.0505. The second-order valence-electron chi connectivity index (χ2n) is 7.80. The second kappa shape index (κ2) is 9.31. The summed E-state index contributed by atoms with van der Waals surface area (Å²) in [7, 11) is 1.99. The SMILES string of the molecule is CN(c1ccncc1)c1ccc(C(=O)N2CCC(C(=N)c3ccc(Cl)cc3)CC2)cc1. The van der Waals surface area contributed by atoms with Crippen LogP contribution in [0.5, 0.6) is 0 Å². The number of rotatable bonds is 5. The molecule has 0 aliphatic carbocycles. The lowest BCUT2D eigenvalue weighted by Crippen LogP contribution is -2.40. The molecule has 3 aromatic rings.